The molecule has 0 aromatic heterocycles. The van der Waals surface area contributed by atoms with Crippen LogP contribution >= 0.6 is 7.37 Å². The molecule has 0 aliphatic heterocycles. The van der Waals surface area contributed by atoms with E-state index in [1.807, 2.05) is 30.3 Å². The molecule has 1 aliphatic rings. The summed E-state index contributed by atoms with van der Waals surface area (Å²) >= 11 is 0. The fraction of sp³-hybridized carbons (Fsp3) is 0.484. The average molecular weight is 599 g/mol. The van der Waals surface area contributed by atoms with Gasteiger partial charge in [-0.2, -0.15) is 0 Å². The van der Waals surface area contributed by atoms with Crippen molar-refractivity contribution in [3.8, 4) is 0 Å². The fourth-order valence-electron chi connectivity index (χ4n) is 5.46. The Morgan fingerprint density at radius 1 is 0.857 bits per heavy atom. The normalized spacial score (nSPS) is 20.3. The van der Waals surface area contributed by atoms with Crippen molar-refractivity contribution in [3.63, 3.8) is 0 Å². The topological polar surface area (TPSA) is 168 Å². The molecular weight excluding hydrogens is 555 g/mol. The number of rotatable bonds is 13. The van der Waals surface area contributed by atoms with E-state index in [-0.39, 0.29) is 18.3 Å². The van der Waals surface area contributed by atoms with Gasteiger partial charge in [0.1, 0.15) is 17.9 Å². The maximum atomic E-state index is 14.3. The second-order valence-electron chi connectivity index (χ2n) is 11.7. The molecule has 1 saturated carbocycles. The molecule has 0 spiro atoms. The third kappa shape index (κ3) is 8.29. The van der Waals surface area contributed by atoms with Gasteiger partial charge >= 0.3 is 0 Å². The molecule has 2 aromatic rings. The van der Waals surface area contributed by atoms with Crippen molar-refractivity contribution in [2.24, 2.45) is 23.5 Å². The fourth-order valence-corrected chi connectivity index (χ4v) is 8.05. The predicted octanol–water partition coefficient (Wildman–Crippen LogP) is 3.19. The SMILES string of the molecule is CC(C)[C@H](NC(=O)[C@@H](NC(=O)C1CCCC1P(=O)(O)C(Cc1ccccc1)NC(=O)c1ccccc1)C(C)C)C(N)=O. The molecule has 3 rings (SSSR count). The van der Waals surface area contributed by atoms with Crippen molar-refractivity contribution in [2.75, 3.05) is 0 Å². The molecule has 11 heteroatoms. The first-order valence-electron chi connectivity index (χ1n) is 14.4. The number of benzene rings is 2. The van der Waals surface area contributed by atoms with Crippen molar-refractivity contribution in [1.29, 1.82) is 0 Å². The quantitative estimate of drug-likeness (QED) is 0.222. The van der Waals surface area contributed by atoms with E-state index >= 15 is 0 Å². The molecule has 0 heterocycles. The van der Waals surface area contributed by atoms with Crippen LogP contribution in [0.15, 0.2) is 60.7 Å². The van der Waals surface area contributed by atoms with Gasteiger partial charge in [-0.3, -0.25) is 23.7 Å². The molecule has 4 amide bonds. The van der Waals surface area contributed by atoms with Crippen LogP contribution in [0, 0.1) is 17.8 Å². The Hall–Kier alpha value is -3.49. The molecule has 0 bridgehead atoms. The van der Waals surface area contributed by atoms with E-state index in [0.29, 0.717) is 24.8 Å². The van der Waals surface area contributed by atoms with Gasteiger partial charge in [-0.15, -0.1) is 0 Å². The highest BCUT2D eigenvalue weighted by Gasteiger charge is 2.49. The van der Waals surface area contributed by atoms with E-state index in [2.05, 4.69) is 16.0 Å². The van der Waals surface area contributed by atoms with Crippen LogP contribution in [0.2, 0.25) is 0 Å². The van der Waals surface area contributed by atoms with Gasteiger partial charge in [-0.1, -0.05) is 82.6 Å². The summed E-state index contributed by atoms with van der Waals surface area (Å²) in [6.07, 6.45) is 1.36. The van der Waals surface area contributed by atoms with E-state index in [1.54, 1.807) is 58.0 Å². The number of hydrogen-bond donors (Lipinski definition) is 5. The van der Waals surface area contributed by atoms with E-state index in [1.165, 1.54) is 0 Å². The van der Waals surface area contributed by atoms with Crippen molar-refractivity contribution >= 4 is 31.0 Å². The molecule has 228 valence electrons. The standard InChI is InChI=1S/C31H43N4O6P/c1-19(2)26(28(32)36)34-31(39)27(20(3)4)35-30(38)23-16-11-17-24(23)42(40,41)25(18-21-12-7-5-8-13-21)33-29(37)22-14-9-6-10-15-22/h5-10,12-15,19-20,23-27H,11,16-18H2,1-4H3,(H2,32,36)(H,33,37)(H,34,39)(H,35,38)(H,40,41)/t23?,24?,25?,26-,27-/m0/s1. The largest absolute Gasteiger partial charge is 0.368 e. The molecule has 1 aliphatic carbocycles. The Labute approximate surface area is 247 Å². The Bertz CT molecular complexity index is 1290. The first-order valence-corrected chi connectivity index (χ1v) is 16.2. The molecule has 2 aromatic carbocycles. The summed E-state index contributed by atoms with van der Waals surface area (Å²) in [6, 6.07) is 15.7. The van der Waals surface area contributed by atoms with Crippen molar-refractivity contribution < 1.29 is 28.6 Å². The summed E-state index contributed by atoms with van der Waals surface area (Å²) in [5.41, 5.74) is 5.68. The van der Waals surface area contributed by atoms with Crippen LogP contribution < -0.4 is 21.7 Å². The Kier molecular flexibility index (Phi) is 11.5. The first-order chi connectivity index (χ1) is 19.8. The van der Waals surface area contributed by atoms with E-state index in [9.17, 15) is 28.6 Å². The Morgan fingerprint density at radius 3 is 1.98 bits per heavy atom. The summed E-state index contributed by atoms with van der Waals surface area (Å²) in [4.78, 5) is 63.3. The Balaban J connectivity index is 1.84. The highest BCUT2D eigenvalue weighted by molar-refractivity contribution is 7.59. The maximum Gasteiger partial charge on any atom is 0.251 e. The summed E-state index contributed by atoms with van der Waals surface area (Å²) < 4.78 is 14.3. The number of nitrogens with two attached hydrogens (primary N) is 1. The lowest BCUT2D eigenvalue weighted by Gasteiger charge is -2.32. The molecular formula is C31H43N4O6P. The van der Waals surface area contributed by atoms with Gasteiger partial charge in [0.05, 0.1) is 0 Å². The number of amides is 4. The summed E-state index contributed by atoms with van der Waals surface area (Å²) in [6.45, 7) is 7.03. The zero-order valence-corrected chi connectivity index (χ0v) is 25.6. The zero-order valence-electron chi connectivity index (χ0n) is 24.7. The molecule has 1 fully saturated rings. The summed E-state index contributed by atoms with van der Waals surface area (Å²) in [5.74, 6) is -4.74. The predicted molar refractivity (Wildman–Crippen MR) is 162 cm³/mol. The van der Waals surface area contributed by atoms with E-state index in [4.69, 9.17) is 5.73 Å². The van der Waals surface area contributed by atoms with Crippen LogP contribution in [0.3, 0.4) is 0 Å². The first kappa shape index (κ1) is 33.0. The number of hydrogen-bond acceptors (Lipinski definition) is 5. The number of primary amides is 1. The molecule has 0 saturated heterocycles. The van der Waals surface area contributed by atoms with Crippen LogP contribution in [-0.4, -0.2) is 52.0 Å². The zero-order chi connectivity index (χ0) is 31.0. The third-order valence-corrected chi connectivity index (χ3v) is 10.6. The van der Waals surface area contributed by atoms with Crippen LogP contribution in [0.1, 0.15) is 62.9 Å². The highest BCUT2D eigenvalue weighted by atomic mass is 31.2. The minimum absolute atomic E-state index is 0.110. The highest BCUT2D eigenvalue weighted by Crippen LogP contribution is 2.58. The van der Waals surface area contributed by atoms with Crippen molar-refractivity contribution in [1.82, 2.24) is 16.0 Å². The molecule has 4 unspecified atom stereocenters. The minimum Gasteiger partial charge on any atom is -0.368 e. The van der Waals surface area contributed by atoms with Gasteiger partial charge < -0.3 is 26.6 Å². The number of carbonyl (C=O) groups is 4. The van der Waals surface area contributed by atoms with Crippen LogP contribution in [-0.2, 0) is 25.4 Å². The van der Waals surface area contributed by atoms with Crippen LogP contribution in [0.5, 0.6) is 0 Å². The number of carbonyl (C=O) groups excluding carboxylic acids is 4. The van der Waals surface area contributed by atoms with Gasteiger partial charge in [0.15, 0.2) is 0 Å². The molecule has 10 nitrogen and oxygen atoms in total. The lowest BCUT2D eigenvalue weighted by molar-refractivity contribution is -0.134. The van der Waals surface area contributed by atoms with Crippen molar-refractivity contribution in [2.45, 2.75) is 76.9 Å². The second-order valence-corrected chi connectivity index (χ2v) is 14.3. The summed E-state index contributed by atoms with van der Waals surface area (Å²) in [7, 11) is -4.19. The lowest BCUT2D eigenvalue weighted by Crippen LogP contribution is -2.57. The van der Waals surface area contributed by atoms with Crippen LogP contribution in [0.25, 0.3) is 0 Å². The van der Waals surface area contributed by atoms with Crippen LogP contribution in [0.4, 0.5) is 0 Å². The van der Waals surface area contributed by atoms with Gasteiger partial charge in [0, 0.05) is 23.6 Å². The van der Waals surface area contributed by atoms with E-state index in [0.717, 1.165) is 5.56 Å². The molecule has 42 heavy (non-hydrogen) atoms. The maximum absolute atomic E-state index is 14.3. The monoisotopic (exact) mass is 598 g/mol. The second kappa shape index (κ2) is 14.6. The van der Waals surface area contributed by atoms with Crippen molar-refractivity contribution in [3.05, 3.63) is 71.8 Å². The van der Waals surface area contributed by atoms with Gasteiger partial charge in [-0.05, 0) is 42.4 Å². The summed E-state index contributed by atoms with van der Waals surface area (Å²) in [5, 5.41) is 8.20. The van der Waals surface area contributed by atoms with E-state index < -0.39 is 60.4 Å². The smallest absolute Gasteiger partial charge is 0.251 e. The number of nitrogens with one attached hydrogen (secondary N) is 3. The molecule has 6 N–H and O–H groups in total. The average Bonchev–Trinajstić information content (AvgIpc) is 3.46. The van der Waals surface area contributed by atoms with Gasteiger partial charge in [-0.25, -0.2) is 0 Å². The lowest BCUT2D eigenvalue weighted by atomic mass is 9.98. The molecule has 6 atom stereocenters. The third-order valence-electron chi connectivity index (χ3n) is 7.86. The molecule has 0 radical (unpaired) electrons. The van der Waals surface area contributed by atoms with Gasteiger partial charge in [0.2, 0.25) is 25.1 Å². The minimum atomic E-state index is -4.19. The van der Waals surface area contributed by atoms with Gasteiger partial charge in [0.25, 0.3) is 5.91 Å². The Morgan fingerprint density at radius 2 is 1.43 bits per heavy atom.